The predicted molar refractivity (Wildman–Crippen MR) is 62.2 cm³/mol. The topological polar surface area (TPSA) is 70.1 Å². The molecule has 16 heavy (non-hydrogen) atoms. The highest BCUT2D eigenvalue weighted by atomic mass is 15.5. The van der Waals surface area contributed by atoms with E-state index in [1.807, 2.05) is 43.3 Å². The molecule has 0 aliphatic rings. The molecule has 1 aromatic heterocycles. The third kappa shape index (κ3) is 2.41. The van der Waals surface area contributed by atoms with E-state index in [4.69, 9.17) is 0 Å². The lowest BCUT2D eigenvalue weighted by Crippen LogP contribution is -2.08. The number of benzene rings is 1. The molecule has 2 aromatic rings. The Kier molecular flexibility index (Phi) is 2.90. The van der Waals surface area contributed by atoms with Gasteiger partial charge in [0.25, 0.3) is 5.95 Å². The molecule has 6 heteroatoms. The van der Waals surface area contributed by atoms with Crippen molar-refractivity contribution in [3.63, 3.8) is 0 Å². The van der Waals surface area contributed by atoms with E-state index in [0.29, 0.717) is 5.95 Å². The van der Waals surface area contributed by atoms with E-state index in [2.05, 4.69) is 25.6 Å². The maximum atomic E-state index is 4.06. The summed E-state index contributed by atoms with van der Waals surface area (Å²) in [6.45, 7) is 0. The van der Waals surface area contributed by atoms with Crippen LogP contribution in [0.1, 0.15) is 5.56 Å². The number of anilines is 1. The van der Waals surface area contributed by atoms with Gasteiger partial charge < -0.3 is 4.90 Å². The second kappa shape index (κ2) is 4.52. The van der Waals surface area contributed by atoms with E-state index < -0.39 is 0 Å². The normalized spacial score (nSPS) is 10.9. The van der Waals surface area contributed by atoms with Gasteiger partial charge in [-0.1, -0.05) is 17.2 Å². The Hall–Kier alpha value is -2.24. The average molecular weight is 216 g/mol. The van der Waals surface area contributed by atoms with Crippen LogP contribution in [0.5, 0.6) is 0 Å². The van der Waals surface area contributed by atoms with E-state index >= 15 is 0 Å². The smallest absolute Gasteiger partial charge is 0.288 e. The summed E-state index contributed by atoms with van der Waals surface area (Å²) in [5, 5.41) is 13.2. The summed E-state index contributed by atoms with van der Waals surface area (Å²) in [7, 11) is 4.00. The van der Waals surface area contributed by atoms with Crippen LogP contribution in [-0.4, -0.2) is 40.9 Å². The molecule has 1 N–H and O–H groups in total. The molecular formula is C10H12N6. The summed E-state index contributed by atoms with van der Waals surface area (Å²) >= 11 is 0. The molecule has 0 fully saturated rings. The van der Waals surface area contributed by atoms with E-state index in [1.165, 1.54) is 0 Å². The molecule has 0 aliphatic carbocycles. The molecule has 0 unspecified atom stereocenters. The van der Waals surface area contributed by atoms with Crippen molar-refractivity contribution >= 4 is 17.9 Å². The Balaban J connectivity index is 2.11. The number of H-pyrrole nitrogens is 1. The van der Waals surface area contributed by atoms with Crippen LogP contribution >= 0.6 is 0 Å². The fourth-order valence-corrected chi connectivity index (χ4v) is 1.20. The van der Waals surface area contributed by atoms with Crippen molar-refractivity contribution in [2.45, 2.75) is 0 Å². The SMILES string of the molecule is CN(C)c1ccc(C=Nc2nn[nH]n2)cc1. The lowest BCUT2D eigenvalue weighted by Gasteiger charge is -2.11. The lowest BCUT2D eigenvalue weighted by atomic mass is 10.2. The minimum Gasteiger partial charge on any atom is -0.378 e. The summed E-state index contributed by atoms with van der Waals surface area (Å²) in [5.41, 5.74) is 2.15. The molecule has 1 aromatic carbocycles. The van der Waals surface area contributed by atoms with Crippen LogP contribution in [-0.2, 0) is 0 Å². The number of hydrogen-bond donors (Lipinski definition) is 1. The highest BCUT2D eigenvalue weighted by Crippen LogP contribution is 2.11. The fourth-order valence-electron chi connectivity index (χ4n) is 1.20. The van der Waals surface area contributed by atoms with Gasteiger partial charge in [-0.05, 0) is 22.9 Å². The van der Waals surface area contributed by atoms with Crippen molar-refractivity contribution in [1.29, 1.82) is 0 Å². The second-order valence-electron chi connectivity index (χ2n) is 3.46. The van der Waals surface area contributed by atoms with Crippen molar-refractivity contribution in [2.24, 2.45) is 4.99 Å². The summed E-state index contributed by atoms with van der Waals surface area (Å²) in [6, 6.07) is 8.02. The van der Waals surface area contributed by atoms with E-state index in [0.717, 1.165) is 11.3 Å². The molecule has 0 spiro atoms. The molecule has 0 aliphatic heterocycles. The summed E-state index contributed by atoms with van der Waals surface area (Å²) in [6.07, 6.45) is 1.70. The third-order valence-corrected chi connectivity index (χ3v) is 2.07. The van der Waals surface area contributed by atoms with Gasteiger partial charge in [-0.3, -0.25) is 0 Å². The molecule has 82 valence electrons. The van der Waals surface area contributed by atoms with Gasteiger partial charge in [-0.25, -0.2) is 4.99 Å². The molecule has 0 saturated carbocycles. The zero-order chi connectivity index (χ0) is 11.4. The average Bonchev–Trinajstić information content (AvgIpc) is 2.80. The first-order valence-corrected chi connectivity index (χ1v) is 4.80. The molecule has 0 amide bonds. The number of rotatable bonds is 3. The zero-order valence-electron chi connectivity index (χ0n) is 9.12. The quantitative estimate of drug-likeness (QED) is 0.777. The molecule has 0 bridgehead atoms. The van der Waals surface area contributed by atoms with E-state index in [-0.39, 0.29) is 0 Å². The highest BCUT2D eigenvalue weighted by Gasteiger charge is 1.95. The molecule has 0 radical (unpaired) electrons. The minimum atomic E-state index is 0.330. The summed E-state index contributed by atoms with van der Waals surface area (Å²) in [4.78, 5) is 6.10. The Morgan fingerprint density at radius 1 is 1.25 bits per heavy atom. The third-order valence-electron chi connectivity index (χ3n) is 2.07. The largest absolute Gasteiger partial charge is 0.378 e. The Morgan fingerprint density at radius 3 is 2.56 bits per heavy atom. The van der Waals surface area contributed by atoms with E-state index in [9.17, 15) is 0 Å². The second-order valence-corrected chi connectivity index (χ2v) is 3.46. The van der Waals surface area contributed by atoms with Gasteiger partial charge in [0.1, 0.15) is 0 Å². The molecule has 2 rings (SSSR count). The maximum absolute atomic E-state index is 4.06. The molecular weight excluding hydrogens is 204 g/mol. The number of tetrazole rings is 1. The molecule has 0 saturated heterocycles. The minimum absolute atomic E-state index is 0.330. The highest BCUT2D eigenvalue weighted by molar-refractivity contribution is 5.81. The predicted octanol–water partition coefficient (Wildman–Crippen LogP) is 1.02. The van der Waals surface area contributed by atoms with Gasteiger partial charge >= 0.3 is 0 Å². The van der Waals surface area contributed by atoms with E-state index in [1.54, 1.807) is 6.21 Å². The van der Waals surface area contributed by atoms with Crippen LogP contribution in [0.25, 0.3) is 0 Å². The monoisotopic (exact) mass is 216 g/mol. The molecule has 1 heterocycles. The fraction of sp³-hybridized carbons (Fsp3) is 0.200. The number of hydrogen-bond acceptors (Lipinski definition) is 5. The Labute approximate surface area is 93.0 Å². The standard InChI is InChI=1S/C10H12N6/c1-16(2)9-5-3-8(4-6-9)7-11-10-12-14-15-13-10/h3-7H,1-2H3,(H,12,13,14,15). The first-order chi connectivity index (χ1) is 7.75. The molecule has 6 nitrogen and oxygen atoms in total. The first kappa shape index (κ1) is 10.3. The van der Waals surface area contributed by atoms with Crippen LogP contribution in [0.2, 0.25) is 0 Å². The van der Waals surface area contributed by atoms with Gasteiger partial charge in [-0.15, -0.1) is 5.10 Å². The van der Waals surface area contributed by atoms with Crippen molar-refractivity contribution in [1.82, 2.24) is 20.6 Å². The van der Waals surface area contributed by atoms with Crippen molar-refractivity contribution in [2.75, 3.05) is 19.0 Å². The van der Waals surface area contributed by atoms with Crippen LogP contribution in [0.4, 0.5) is 11.6 Å². The van der Waals surface area contributed by atoms with Gasteiger partial charge in [0.2, 0.25) is 0 Å². The zero-order valence-corrected chi connectivity index (χ0v) is 9.12. The Bertz CT molecular complexity index is 457. The van der Waals surface area contributed by atoms with Crippen LogP contribution < -0.4 is 4.90 Å². The number of nitrogens with zero attached hydrogens (tertiary/aromatic N) is 5. The van der Waals surface area contributed by atoms with Crippen LogP contribution in [0, 0.1) is 0 Å². The van der Waals surface area contributed by atoms with Gasteiger partial charge in [-0.2, -0.15) is 5.21 Å². The maximum Gasteiger partial charge on any atom is 0.288 e. The van der Waals surface area contributed by atoms with Gasteiger partial charge in [0.15, 0.2) is 0 Å². The van der Waals surface area contributed by atoms with Gasteiger partial charge in [0, 0.05) is 26.0 Å². The Morgan fingerprint density at radius 2 is 2.00 bits per heavy atom. The lowest BCUT2D eigenvalue weighted by molar-refractivity contribution is 0.881. The number of nitrogens with one attached hydrogen (secondary N) is 1. The number of aromatic amines is 1. The van der Waals surface area contributed by atoms with Crippen molar-refractivity contribution in [3.8, 4) is 0 Å². The first-order valence-electron chi connectivity index (χ1n) is 4.80. The van der Waals surface area contributed by atoms with Crippen molar-refractivity contribution in [3.05, 3.63) is 29.8 Å². The number of aliphatic imine (C=N–C) groups is 1. The molecule has 0 atom stereocenters. The summed E-state index contributed by atoms with van der Waals surface area (Å²) < 4.78 is 0. The van der Waals surface area contributed by atoms with Crippen LogP contribution in [0.15, 0.2) is 29.3 Å². The van der Waals surface area contributed by atoms with Crippen molar-refractivity contribution < 1.29 is 0 Å². The van der Waals surface area contributed by atoms with Gasteiger partial charge in [0.05, 0.1) is 0 Å². The summed E-state index contributed by atoms with van der Waals surface area (Å²) in [5.74, 6) is 0.330. The van der Waals surface area contributed by atoms with Crippen LogP contribution in [0.3, 0.4) is 0 Å². The number of aromatic nitrogens is 4.